The smallest absolute Gasteiger partial charge is 0.244 e. The molecular weight excluding hydrogens is 304 g/mol. The van der Waals surface area contributed by atoms with Gasteiger partial charge in [-0.05, 0) is 19.1 Å². The van der Waals surface area contributed by atoms with Gasteiger partial charge in [0.05, 0.1) is 18.2 Å². The molecule has 0 spiro atoms. The summed E-state index contributed by atoms with van der Waals surface area (Å²) >= 11 is 0. The van der Waals surface area contributed by atoms with Crippen LogP contribution in [-0.4, -0.2) is 23.5 Å². The van der Waals surface area contributed by atoms with E-state index in [0.717, 1.165) is 12.1 Å². The Labute approximate surface area is 119 Å². The number of aromatic amines is 1. The molecule has 6 nitrogen and oxygen atoms in total. The van der Waals surface area contributed by atoms with E-state index in [1.165, 1.54) is 19.3 Å². The minimum absolute atomic E-state index is 0.350. The third-order valence-electron chi connectivity index (χ3n) is 2.86. The third kappa shape index (κ3) is 3.09. The zero-order chi connectivity index (χ0) is 15.6. The first kappa shape index (κ1) is 15.5. The van der Waals surface area contributed by atoms with Gasteiger partial charge in [-0.15, -0.1) is 0 Å². The Kier molecular flexibility index (Phi) is 4.35. The van der Waals surface area contributed by atoms with Crippen LogP contribution in [-0.2, 0) is 16.6 Å². The van der Waals surface area contributed by atoms with Gasteiger partial charge in [0.15, 0.2) is 5.82 Å². The number of nitrogens with zero attached hydrogens (tertiary/aromatic N) is 1. The predicted molar refractivity (Wildman–Crippen MR) is 69.6 cm³/mol. The second-order valence-electron chi connectivity index (χ2n) is 4.31. The summed E-state index contributed by atoms with van der Waals surface area (Å²) in [5.41, 5.74) is -0.691. The lowest BCUT2D eigenvalue weighted by Crippen LogP contribution is -2.28. The van der Waals surface area contributed by atoms with Crippen LogP contribution in [0.2, 0.25) is 0 Å². The summed E-state index contributed by atoms with van der Waals surface area (Å²) < 4.78 is 53.8. The number of H-pyrrole nitrogens is 1. The molecule has 3 N–H and O–H groups in total. The average molecular weight is 317 g/mol. The molecule has 2 rings (SSSR count). The molecule has 0 aliphatic heterocycles. The normalized spacial score (nSPS) is 13.3. The molecule has 1 unspecified atom stereocenters. The highest BCUT2D eigenvalue weighted by molar-refractivity contribution is 7.89. The van der Waals surface area contributed by atoms with Gasteiger partial charge in [0.25, 0.3) is 0 Å². The number of aliphatic hydroxyl groups excluding tert-OH is 1. The van der Waals surface area contributed by atoms with Crippen molar-refractivity contribution in [3.63, 3.8) is 0 Å². The highest BCUT2D eigenvalue weighted by Crippen LogP contribution is 2.22. The van der Waals surface area contributed by atoms with Crippen molar-refractivity contribution in [2.24, 2.45) is 0 Å². The maximum absolute atomic E-state index is 14.0. The maximum Gasteiger partial charge on any atom is 0.244 e. The zero-order valence-corrected chi connectivity index (χ0v) is 11.8. The lowest BCUT2D eigenvalue weighted by Gasteiger charge is -2.14. The van der Waals surface area contributed by atoms with Crippen LogP contribution in [0.25, 0.3) is 0 Å². The van der Waals surface area contributed by atoms with Gasteiger partial charge in [0.1, 0.15) is 16.5 Å². The van der Waals surface area contributed by atoms with Crippen LogP contribution in [0.15, 0.2) is 29.4 Å². The topological polar surface area (TPSA) is 95.1 Å². The second-order valence-corrected chi connectivity index (χ2v) is 6.00. The summed E-state index contributed by atoms with van der Waals surface area (Å²) in [6.45, 7) is 0.583. The largest absolute Gasteiger partial charge is 0.391 e. The van der Waals surface area contributed by atoms with Crippen LogP contribution in [0.1, 0.15) is 24.4 Å². The fourth-order valence-corrected chi connectivity index (χ4v) is 3.11. The van der Waals surface area contributed by atoms with E-state index in [0.29, 0.717) is 5.82 Å². The highest BCUT2D eigenvalue weighted by atomic mass is 32.2. The van der Waals surface area contributed by atoms with Crippen molar-refractivity contribution < 1.29 is 22.3 Å². The van der Waals surface area contributed by atoms with Crippen molar-refractivity contribution in [3.05, 3.63) is 47.5 Å². The summed E-state index contributed by atoms with van der Waals surface area (Å²) in [6, 6.07) is 0.869. The van der Waals surface area contributed by atoms with Crippen LogP contribution in [0, 0.1) is 11.6 Å². The minimum Gasteiger partial charge on any atom is -0.391 e. The number of hydrogen-bond donors (Lipinski definition) is 3. The Morgan fingerprint density at radius 3 is 2.71 bits per heavy atom. The number of aromatic nitrogens is 2. The third-order valence-corrected chi connectivity index (χ3v) is 4.42. The molecule has 0 aliphatic carbocycles. The Bertz CT molecular complexity index is 732. The van der Waals surface area contributed by atoms with E-state index in [9.17, 15) is 17.2 Å². The predicted octanol–water partition coefficient (Wildman–Crippen LogP) is 1.22. The van der Waals surface area contributed by atoms with Gasteiger partial charge in [0, 0.05) is 12.4 Å². The Morgan fingerprint density at radius 2 is 2.14 bits per heavy atom. The van der Waals surface area contributed by atoms with Crippen molar-refractivity contribution in [3.8, 4) is 0 Å². The quantitative estimate of drug-likeness (QED) is 0.773. The first-order valence-electron chi connectivity index (χ1n) is 5.96. The number of rotatable bonds is 5. The molecule has 0 amide bonds. The number of benzene rings is 1. The van der Waals surface area contributed by atoms with Crippen molar-refractivity contribution in [1.82, 2.24) is 14.7 Å². The molecule has 2 aromatic rings. The minimum atomic E-state index is -4.23. The van der Waals surface area contributed by atoms with Crippen LogP contribution >= 0.6 is 0 Å². The molecule has 0 fully saturated rings. The molecule has 1 aromatic heterocycles. The molecule has 21 heavy (non-hydrogen) atoms. The van der Waals surface area contributed by atoms with Crippen LogP contribution < -0.4 is 4.72 Å². The van der Waals surface area contributed by atoms with Crippen molar-refractivity contribution in [2.45, 2.75) is 24.5 Å². The van der Waals surface area contributed by atoms with Crippen LogP contribution in [0.3, 0.4) is 0 Å². The standard InChI is InChI=1S/C12H13F2N3O3S/c1-7(12-15-4-5-16-12)17-21(19,20)10-3-2-9(13)8(6-18)11(10)14/h2-5,7,17-18H,6H2,1H3,(H,15,16). The fraction of sp³-hybridized carbons (Fsp3) is 0.250. The second kappa shape index (κ2) is 5.88. The summed E-state index contributed by atoms with van der Waals surface area (Å²) in [6.07, 6.45) is 2.96. The monoisotopic (exact) mass is 317 g/mol. The van der Waals surface area contributed by atoms with E-state index >= 15 is 0 Å². The number of nitrogens with one attached hydrogen (secondary N) is 2. The fourth-order valence-electron chi connectivity index (χ4n) is 1.79. The molecular formula is C12H13F2N3O3S. The van der Waals surface area contributed by atoms with Gasteiger partial charge in [0.2, 0.25) is 10.0 Å². The first-order valence-corrected chi connectivity index (χ1v) is 7.44. The lowest BCUT2D eigenvalue weighted by molar-refractivity contribution is 0.267. The lowest BCUT2D eigenvalue weighted by atomic mass is 10.2. The molecule has 1 aromatic carbocycles. The zero-order valence-electron chi connectivity index (χ0n) is 11.0. The first-order chi connectivity index (χ1) is 9.86. The van der Waals surface area contributed by atoms with E-state index in [-0.39, 0.29) is 0 Å². The Morgan fingerprint density at radius 1 is 1.43 bits per heavy atom. The summed E-state index contributed by atoms with van der Waals surface area (Å²) in [4.78, 5) is 5.88. The van der Waals surface area contributed by atoms with E-state index < -0.39 is 44.8 Å². The average Bonchev–Trinajstić information content (AvgIpc) is 2.92. The molecule has 1 atom stereocenters. The van der Waals surface area contributed by atoms with E-state index in [1.807, 2.05) is 0 Å². The Hall–Kier alpha value is -1.84. The van der Waals surface area contributed by atoms with Gasteiger partial charge in [-0.1, -0.05) is 0 Å². The van der Waals surface area contributed by atoms with E-state index in [1.54, 1.807) is 0 Å². The van der Waals surface area contributed by atoms with Crippen molar-refractivity contribution in [2.75, 3.05) is 0 Å². The number of imidazole rings is 1. The molecule has 0 bridgehead atoms. The van der Waals surface area contributed by atoms with E-state index in [2.05, 4.69) is 14.7 Å². The SMILES string of the molecule is CC(NS(=O)(=O)c1ccc(F)c(CO)c1F)c1ncc[nH]1. The van der Waals surface area contributed by atoms with Crippen molar-refractivity contribution in [1.29, 1.82) is 0 Å². The summed E-state index contributed by atoms with van der Waals surface area (Å²) in [5.74, 6) is -1.96. The van der Waals surface area contributed by atoms with Crippen LogP contribution in [0.5, 0.6) is 0 Å². The van der Waals surface area contributed by atoms with Gasteiger partial charge < -0.3 is 10.1 Å². The van der Waals surface area contributed by atoms with Crippen molar-refractivity contribution >= 4 is 10.0 Å². The highest BCUT2D eigenvalue weighted by Gasteiger charge is 2.25. The van der Waals surface area contributed by atoms with Gasteiger partial charge in [-0.3, -0.25) is 0 Å². The molecule has 9 heteroatoms. The number of aliphatic hydroxyl groups is 1. The van der Waals surface area contributed by atoms with Gasteiger partial charge in [-0.25, -0.2) is 26.9 Å². The van der Waals surface area contributed by atoms with E-state index in [4.69, 9.17) is 5.11 Å². The summed E-state index contributed by atoms with van der Waals surface area (Å²) in [7, 11) is -4.23. The number of hydrogen-bond acceptors (Lipinski definition) is 4. The molecule has 1 heterocycles. The molecule has 0 aliphatic rings. The van der Waals surface area contributed by atoms with Crippen LogP contribution in [0.4, 0.5) is 8.78 Å². The summed E-state index contributed by atoms with van der Waals surface area (Å²) in [5, 5.41) is 8.91. The Balaban J connectivity index is 2.36. The molecule has 0 saturated heterocycles. The number of sulfonamides is 1. The van der Waals surface area contributed by atoms with Gasteiger partial charge >= 0.3 is 0 Å². The maximum atomic E-state index is 14.0. The number of halogens is 2. The molecule has 0 radical (unpaired) electrons. The molecule has 114 valence electrons. The van der Waals surface area contributed by atoms with Gasteiger partial charge in [-0.2, -0.15) is 0 Å². The molecule has 0 saturated carbocycles.